The summed E-state index contributed by atoms with van der Waals surface area (Å²) < 4.78 is 12.1. The minimum Gasteiger partial charge on any atom is -0.489 e. The lowest BCUT2D eigenvalue weighted by Crippen LogP contribution is -2.44. The molecule has 2 saturated carbocycles. The molecule has 0 aliphatic heterocycles. The van der Waals surface area contributed by atoms with E-state index in [1.54, 1.807) is 6.07 Å². The zero-order valence-corrected chi connectivity index (χ0v) is 23.1. The summed E-state index contributed by atoms with van der Waals surface area (Å²) in [4.78, 5) is 13.1. The van der Waals surface area contributed by atoms with Crippen molar-refractivity contribution in [3.63, 3.8) is 0 Å². The summed E-state index contributed by atoms with van der Waals surface area (Å²) in [5.41, 5.74) is 3.62. The van der Waals surface area contributed by atoms with Crippen molar-refractivity contribution in [2.45, 2.75) is 76.4 Å². The van der Waals surface area contributed by atoms with Gasteiger partial charge in [0.15, 0.2) is 6.10 Å². The molecule has 6 nitrogen and oxygen atoms in total. The molecule has 0 bridgehead atoms. The third-order valence-electron chi connectivity index (χ3n) is 8.44. The van der Waals surface area contributed by atoms with Gasteiger partial charge in [-0.2, -0.15) is 0 Å². The van der Waals surface area contributed by atoms with Gasteiger partial charge in [-0.25, -0.2) is 0 Å². The van der Waals surface area contributed by atoms with Crippen LogP contribution in [0.3, 0.4) is 0 Å². The van der Waals surface area contributed by atoms with Crippen LogP contribution in [-0.2, 0) is 29.2 Å². The van der Waals surface area contributed by atoms with Gasteiger partial charge in [0, 0.05) is 6.04 Å². The number of carbonyl (C=O) groups is 1. The molecule has 2 fully saturated rings. The Hall–Kier alpha value is -3.19. The van der Waals surface area contributed by atoms with Crippen LogP contribution in [0.25, 0.3) is 0 Å². The van der Waals surface area contributed by atoms with E-state index in [2.05, 4.69) is 5.32 Å². The molecule has 212 valence electrons. The topological polar surface area (TPSA) is 88.0 Å². The van der Waals surface area contributed by atoms with Crippen molar-refractivity contribution in [3.05, 3.63) is 101 Å². The Labute approximate surface area is 237 Å². The summed E-state index contributed by atoms with van der Waals surface area (Å²) in [6, 6.07) is 25.5. The Morgan fingerprint density at radius 1 is 0.850 bits per heavy atom. The molecule has 2 aliphatic carbocycles. The summed E-state index contributed by atoms with van der Waals surface area (Å²) in [6.45, 7) is 1.44. The Kier molecular flexibility index (Phi) is 9.87. The van der Waals surface area contributed by atoms with Crippen LogP contribution in [0.4, 0.5) is 0 Å². The van der Waals surface area contributed by atoms with Crippen molar-refractivity contribution < 1.29 is 24.5 Å². The molecule has 0 radical (unpaired) electrons. The summed E-state index contributed by atoms with van der Waals surface area (Å²) in [5.74, 6) is 1.45. The maximum Gasteiger partial charge on any atom is 0.253 e. The molecule has 3 unspecified atom stereocenters. The largest absolute Gasteiger partial charge is 0.489 e. The van der Waals surface area contributed by atoms with Crippen LogP contribution < -0.4 is 10.1 Å². The van der Waals surface area contributed by atoms with Gasteiger partial charge in [-0.3, -0.25) is 4.79 Å². The standard InChI is InChI=1S/C34H41NO5/c36-31-15-12-26-11-14-30(20-29(26)21-31)35-34(38)33(37)28-13-16-32(40-23-25-9-5-2-6-10-25)27(19-28)17-18-39-22-24-7-3-1-4-8-24/h1-10,13,16,19,26,29-31,33,36-37H,11-12,14-15,17-18,20-23H2,(H,35,38)/t26?,29?,30-,31?,33+/m0/s1. The molecule has 5 rings (SSSR count). The van der Waals surface area contributed by atoms with Crippen molar-refractivity contribution in [1.82, 2.24) is 5.32 Å². The molecule has 0 saturated heterocycles. The van der Waals surface area contributed by atoms with Gasteiger partial charge < -0.3 is 25.0 Å². The maximum absolute atomic E-state index is 13.1. The highest BCUT2D eigenvalue weighted by atomic mass is 16.5. The van der Waals surface area contributed by atoms with Gasteiger partial charge in [0.1, 0.15) is 12.4 Å². The summed E-state index contributed by atoms with van der Waals surface area (Å²) in [6.07, 6.45) is 4.75. The molecule has 40 heavy (non-hydrogen) atoms. The van der Waals surface area contributed by atoms with Crippen LogP contribution in [0.15, 0.2) is 78.9 Å². The highest BCUT2D eigenvalue weighted by molar-refractivity contribution is 5.82. The average molecular weight is 544 g/mol. The van der Waals surface area contributed by atoms with E-state index in [4.69, 9.17) is 9.47 Å². The number of carbonyl (C=O) groups excluding carboxylic acids is 1. The minimum absolute atomic E-state index is 0.0352. The maximum atomic E-state index is 13.1. The third kappa shape index (κ3) is 7.72. The molecule has 6 heteroatoms. The fourth-order valence-electron chi connectivity index (χ4n) is 6.22. The van der Waals surface area contributed by atoms with Gasteiger partial charge in [-0.05, 0) is 91.2 Å². The average Bonchev–Trinajstić information content (AvgIpc) is 2.99. The zero-order valence-electron chi connectivity index (χ0n) is 23.1. The van der Waals surface area contributed by atoms with Crippen molar-refractivity contribution >= 4 is 5.91 Å². The predicted octanol–water partition coefficient (Wildman–Crippen LogP) is 5.50. The Bertz CT molecular complexity index is 1220. The Morgan fingerprint density at radius 2 is 1.55 bits per heavy atom. The lowest BCUT2D eigenvalue weighted by Gasteiger charge is -2.41. The zero-order chi connectivity index (χ0) is 27.7. The van der Waals surface area contributed by atoms with Crippen LogP contribution in [0, 0.1) is 11.8 Å². The first-order valence-electron chi connectivity index (χ1n) is 14.6. The summed E-state index contributed by atoms with van der Waals surface area (Å²) in [7, 11) is 0. The molecule has 3 N–H and O–H groups in total. The molecule has 1 amide bonds. The van der Waals surface area contributed by atoms with E-state index in [-0.39, 0.29) is 18.1 Å². The van der Waals surface area contributed by atoms with Gasteiger partial charge in [-0.1, -0.05) is 66.7 Å². The minimum atomic E-state index is -1.26. The SMILES string of the molecule is O=C(N[C@H]1CCC2CCC(O)CC2C1)[C@H](O)c1ccc(OCc2ccccc2)c(CCOCc2ccccc2)c1. The van der Waals surface area contributed by atoms with Crippen LogP contribution in [-0.4, -0.2) is 34.9 Å². The first kappa shape index (κ1) is 28.3. The van der Waals surface area contributed by atoms with Crippen molar-refractivity contribution in [2.24, 2.45) is 11.8 Å². The molecular formula is C34H41NO5. The highest BCUT2D eigenvalue weighted by Crippen LogP contribution is 2.40. The highest BCUT2D eigenvalue weighted by Gasteiger charge is 2.36. The van der Waals surface area contributed by atoms with Crippen molar-refractivity contribution in [2.75, 3.05) is 6.61 Å². The molecule has 0 spiro atoms. The monoisotopic (exact) mass is 543 g/mol. The van der Waals surface area contributed by atoms with Gasteiger partial charge in [-0.15, -0.1) is 0 Å². The number of ether oxygens (including phenoxy) is 2. The van der Waals surface area contributed by atoms with E-state index in [9.17, 15) is 15.0 Å². The number of rotatable bonds is 11. The van der Waals surface area contributed by atoms with Gasteiger partial charge in [0.2, 0.25) is 0 Å². The number of aliphatic hydroxyl groups is 2. The molecular weight excluding hydrogens is 502 g/mol. The van der Waals surface area contributed by atoms with Crippen LogP contribution in [0.1, 0.15) is 66.9 Å². The molecule has 2 aliphatic rings. The van der Waals surface area contributed by atoms with Crippen LogP contribution in [0.5, 0.6) is 5.75 Å². The Balaban J connectivity index is 1.22. The molecule has 3 aromatic rings. The van der Waals surface area contributed by atoms with E-state index in [0.717, 1.165) is 61.0 Å². The molecule has 0 heterocycles. The van der Waals surface area contributed by atoms with Crippen molar-refractivity contribution in [1.29, 1.82) is 0 Å². The smallest absolute Gasteiger partial charge is 0.253 e. The first-order chi connectivity index (χ1) is 19.5. The van der Waals surface area contributed by atoms with Crippen LogP contribution >= 0.6 is 0 Å². The second-order valence-corrected chi connectivity index (χ2v) is 11.3. The normalized spacial score (nSPS) is 23.1. The summed E-state index contributed by atoms with van der Waals surface area (Å²) in [5, 5.41) is 24.2. The van der Waals surface area contributed by atoms with Gasteiger partial charge in [0.05, 0.1) is 19.3 Å². The Morgan fingerprint density at radius 3 is 2.30 bits per heavy atom. The second kappa shape index (κ2) is 13.9. The molecule has 3 aromatic carbocycles. The number of aliphatic hydroxyl groups excluding tert-OH is 2. The van der Waals surface area contributed by atoms with E-state index in [0.29, 0.717) is 43.6 Å². The number of hydrogen-bond acceptors (Lipinski definition) is 5. The van der Waals surface area contributed by atoms with E-state index in [1.807, 2.05) is 72.8 Å². The molecule has 5 atom stereocenters. The number of nitrogens with one attached hydrogen (secondary N) is 1. The fraction of sp³-hybridized carbons (Fsp3) is 0.441. The van der Waals surface area contributed by atoms with Crippen LogP contribution in [0.2, 0.25) is 0 Å². The third-order valence-corrected chi connectivity index (χ3v) is 8.44. The lowest BCUT2D eigenvalue weighted by molar-refractivity contribution is -0.131. The van der Waals surface area contributed by atoms with E-state index < -0.39 is 6.10 Å². The summed E-state index contributed by atoms with van der Waals surface area (Å²) >= 11 is 0. The molecule has 0 aromatic heterocycles. The van der Waals surface area contributed by atoms with E-state index >= 15 is 0 Å². The lowest BCUT2D eigenvalue weighted by atomic mass is 9.68. The predicted molar refractivity (Wildman–Crippen MR) is 155 cm³/mol. The number of benzene rings is 3. The van der Waals surface area contributed by atoms with Gasteiger partial charge >= 0.3 is 0 Å². The van der Waals surface area contributed by atoms with Gasteiger partial charge in [0.25, 0.3) is 5.91 Å². The number of hydrogen-bond donors (Lipinski definition) is 3. The number of amides is 1. The number of fused-ring (bicyclic) bond motifs is 1. The van der Waals surface area contributed by atoms with E-state index in [1.165, 1.54) is 0 Å². The van der Waals surface area contributed by atoms with Crippen molar-refractivity contribution in [3.8, 4) is 5.75 Å². The quantitative estimate of drug-likeness (QED) is 0.278. The fourth-order valence-corrected chi connectivity index (χ4v) is 6.22. The second-order valence-electron chi connectivity index (χ2n) is 11.3. The first-order valence-corrected chi connectivity index (χ1v) is 14.6.